The summed E-state index contributed by atoms with van der Waals surface area (Å²) in [4.78, 5) is 21.6. The average molecular weight is 263 g/mol. The number of aryl methyl sites for hydroxylation is 1. The molecule has 1 N–H and O–H groups in total. The van der Waals surface area contributed by atoms with Crippen molar-refractivity contribution in [3.63, 3.8) is 0 Å². The van der Waals surface area contributed by atoms with Crippen molar-refractivity contribution in [3.8, 4) is 0 Å². The van der Waals surface area contributed by atoms with Crippen LogP contribution in [-0.2, 0) is 11.2 Å². The van der Waals surface area contributed by atoms with Crippen LogP contribution in [0.5, 0.6) is 0 Å². The maximum atomic E-state index is 10.8. The quantitative estimate of drug-likeness (QED) is 0.691. The number of hydrogen-bond donors (Lipinski definition) is 1. The van der Waals surface area contributed by atoms with Crippen molar-refractivity contribution >= 4 is 5.97 Å². The van der Waals surface area contributed by atoms with Gasteiger partial charge in [-0.25, -0.2) is 0 Å². The minimum Gasteiger partial charge on any atom is -0.481 e. The number of aliphatic carboxylic acids is 1. The molecular formula is C15H21NO3. The van der Waals surface area contributed by atoms with E-state index in [2.05, 4.69) is 17.3 Å². The number of hydrogen-bond acceptors (Lipinski definition) is 3. The smallest absolute Gasteiger partial charge is 0.303 e. The van der Waals surface area contributed by atoms with E-state index in [1.165, 1.54) is 5.56 Å². The fourth-order valence-electron chi connectivity index (χ4n) is 2.36. The molecular weight excluding hydrogens is 242 g/mol. The molecule has 0 aromatic heterocycles. The van der Waals surface area contributed by atoms with Crippen LogP contribution in [0.2, 0.25) is 0 Å². The first-order valence-corrected chi connectivity index (χ1v) is 6.75. The molecule has 0 fully saturated rings. The predicted octanol–water partition coefficient (Wildman–Crippen LogP) is 3.65. The maximum absolute atomic E-state index is 10.8. The molecule has 2 atom stereocenters. The first-order chi connectivity index (χ1) is 9.17. The number of carboxylic acids is 1. The molecule has 0 bridgehead atoms. The van der Waals surface area contributed by atoms with Crippen molar-refractivity contribution in [1.29, 1.82) is 0 Å². The largest absolute Gasteiger partial charge is 0.481 e. The van der Waals surface area contributed by atoms with E-state index in [-0.39, 0.29) is 18.4 Å². The fraction of sp³-hybridized carbons (Fsp3) is 0.533. The summed E-state index contributed by atoms with van der Waals surface area (Å²) < 4.78 is 0. The zero-order valence-corrected chi connectivity index (χ0v) is 11.3. The summed E-state index contributed by atoms with van der Waals surface area (Å²) in [6.07, 6.45) is 3.15. The van der Waals surface area contributed by atoms with Crippen LogP contribution in [0.3, 0.4) is 0 Å². The third-order valence-electron chi connectivity index (χ3n) is 3.42. The summed E-state index contributed by atoms with van der Waals surface area (Å²) in [6, 6.07) is 9.69. The Morgan fingerprint density at radius 3 is 2.53 bits per heavy atom. The minimum absolute atomic E-state index is 0.0268. The molecule has 0 radical (unpaired) electrons. The van der Waals surface area contributed by atoms with Crippen molar-refractivity contribution in [1.82, 2.24) is 0 Å². The third kappa shape index (κ3) is 5.64. The Bertz CT molecular complexity index is 392. The van der Waals surface area contributed by atoms with E-state index in [0.717, 1.165) is 19.3 Å². The number of rotatable bonds is 9. The van der Waals surface area contributed by atoms with Crippen LogP contribution in [0.4, 0.5) is 0 Å². The standard InChI is InChI=1S/C15H21NO3/c1-2-14(16-19)13(11-15(17)18)10-6-9-12-7-4-3-5-8-12/h3-5,7-8,13-14H,2,6,9-11H2,1H3,(H,17,18). The molecule has 0 amide bonds. The molecule has 2 unspecified atom stereocenters. The van der Waals surface area contributed by atoms with Crippen LogP contribution in [0.1, 0.15) is 38.2 Å². The van der Waals surface area contributed by atoms with Gasteiger partial charge >= 0.3 is 5.97 Å². The Hall–Kier alpha value is -1.71. The van der Waals surface area contributed by atoms with Gasteiger partial charge in [0.1, 0.15) is 0 Å². The van der Waals surface area contributed by atoms with Crippen molar-refractivity contribution in [2.24, 2.45) is 11.1 Å². The number of benzene rings is 1. The Morgan fingerprint density at radius 1 is 1.32 bits per heavy atom. The summed E-state index contributed by atoms with van der Waals surface area (Å²) in [5, 5.41) is 12.0. The SMILES string of the molecule is CCC(N=O)C(CCCc1ccccc1)CC(=O)O. The zero-order chi connectivity index (χ0) is 14.1. The van der Waals surface area contributed by atoms with E-state index in [9.17, 15) is 9.70 Å². The molecule has 0 spiro atoms. The number of nitroso groups, excluding NO2 is 1. The predicted molar refractivity (Wildman–Crippen MR) is 75.0 cm³/mol. The zero-order valence-electron chi connectivity index (χ0n) is 11.3. The van der Waals surface area contributed by atoms with Crippen molar-refractivity contribution in [2.75, 3.05) is 0 Å². The lowest BCUT2D eigenvalue weighted by atomic mass is 9.89. The van der Waals surface area contributed by atoms with Gasteiger partial charge in [-0.05, 0) is 37.2 Å². The van der Waals surface area contributed by atoms with E-state index in [1.54, 1.807) is 0 Å². The monoisotopic (exact) mass is 263 g/mol. The molecule has 0 heterocycles. The second-order valence-corrected chi connectivity index (χ2v) is 4.82. The van der Waals surface area contributed by atoms with Gasteiger partial charge < -0.3 is 5.11 Å². The summed E-state index contributed by atoms with van der Waals surface area (Å²) in [7, 11) is 0. The van der Waals surface area contributed by atoms with Gasteiger partial charge in [-0.15, -0.1) is 0 Å². The average Bonchev–Trinajstić information content (AvgIpc) is 2.40. The van der Waals surface area contributed by atoms with Crippen LogP contribution in [0.15, 0.2) is 35.5 Å². The Labute approximate surface area is 113 Å². The molecule has 0 aliphatic heterocycles. The molecule has 1 rings (SSSR count). The first kappa shape index (κ1) is 15.3. The van der Waals surface area contributed by atoms with Crippen molar-refractivity contribution < 1.29 is 9.90 Å². The molecule has 0 saturated carbocycles. The van der Waals surface area contributed by atoms with Crippen LogP contribution < -0.4 is 0 Å². The second kappa shape index (κ2) is 8.40. The molecule has 0 saturated heterocycles. The van der Waals surface area contributed by atoms with Gasteiger partial charge in [0.15, 0.2) is 0 Å². The van der Waals surface area contributed by atoms with Gasteiger partial charge in [0.25, 0.3) is 0 Å². The van der Waals surface area contributed by atoms with E-state index >= 15 is 0 Å². The Morgan fingerprint density at radius 2 is 2.00 bits per heavy atom. The number of carbonyl (C=O) groups is 1. The van der Waals surface area contributed by atoms with E-state index in [4.69, 9.17) is 5.11 Å². The van der Waals surface area contributed by atoms with Crippen LogP contribution in [0, 0.1) is 10.8 Å². The summed E-state index contributed by atoms with van der Waals surface area (Å²) in [6.45, 7) is 1.87. The lowest BCUT2D eigenvalue weighted by molar-refractivity contribution is -0.138. The normalized spacial score (nSPS) is 13.7. The van der Waals surface area contributed by atoms with Crippen LogP contribution >= 0.6 is 0 Å². The van der Waals surface area contributed by atoms with Gasteiger partial charge in [0.05, 0.1) is 12.5 Å². The molecule has 104 valence electrons. The highest BCUT2D eigenvalue weighted by molar-refractivity contribution is 5.67. The summed E-state index contributed by atoms with van der Waals surface area (Å²) >= 11 is 0. The Balaban J connectivity index is 2.48. The topological polar surface area (TPSA) is 66.7 Å². The highest BCUT2D eigenvalue weighted by Crippen LogP contribution is 2.22. The van der Waals surface area contributed by atoms with Gasteiger partial charge in [-0.2, -0.15) is 4.91 Å². The van der Waals surface area contributed by atoms with E-state index < -0.39 is 5.97 Å². The van der Waals surface area contributed by atoms with E-state index in [1.807, 2.05) is 25.1 Å². The molecule has 4 nitrogen and oxygen atoms in total. The highest BCUT2D eigenvalue weighted by atomic mass is 16.4. The highest BCUT2D eigenvalue weighted by Gasteiger charge is 2.23. The van der Waals surface area contributed by atoms with Crippen LogP contribution in [-0.4, -0.2) is 17.1 Å². The molecule has 1 aromatic carbocycles. The van der Waals surface area contributed by atoms with Gasteiger partial charge in [0.2, 0.25) is 0 Å². The lowest BCUT2D eigenvalue weighted by Gasteiger charge is -2.18. The summed E-state index contributed by atoms with van der Waals surface area (Å²) in [5.41, 5.74) is 1.24. The van der Waals surface area contributed by atoms with Gasteiger partial charge in [0, 0.05) is 0 Å². The summed E-state index contributed by atoms with van der Waals surface area (Å²) in [5.74, 6) is -1.00. The number of carboxylic acid groups (broad SMARTS) is 1. The second-order valence-electron chi connectivity index (χ2n) is 4.82. The third-order valence-corrected chi connectivity index (χ3v) is 3.42. The maximum Gasteiger partial charge on any atom is 0.303 e. The Kier molecular flexibility index (Phi) is 6.79. The van der Waals surface area contributed by atoms with Gasteiger partial charge in [-0.3, -0.25) is 4.79 Å². The molecule has 19 heavy (non-hydrogen) atoms. The van der Waals surface area contributed by atoms with Gasteiger partial charge in [-0.1, -0.05) is 42.4 Å². The first-order valence-electron chi connectivity index (χ1n) is 6.75. The van der Waals surface area contributed by atoms with E-state index in [0.29, 0.717) is 6.42 Å². The van der Waals surface area contributed by atoms with Crippen LogP contribution in [0.25, 0.3) is 0 Å². The molecule has 0 aliphatic rings. The van der Waals surface area contributed by atoms with Crippen molar-refractivity contribution in [2.45, 2.75) is 45.1 Å². The minimum atomic E-state index is -0.855. The molecule has 0 aliphatic carbocycles. The lowest BCUT2D eigenvalue weighted by Crippen LogP contribution is -2.21. The molecule has 4 heteroatoms. The molecule has 1 aromatic rings. The van der Waals surface area contributed by atoms with Crippen molar-refractivity contribution in [3.05, 3.63) is 40.8 Å². The number of nitrogens with zero attached hydrogens (tertiary/aromatic N) is 1. The fourth-order valence-corrected chi connectivity index (χ4v) is 2.36.